The van der Waals surface area contributed by atoms with Crippen molar-refractivity contribution in [1.29, 1.82) is 0 Å². The van der Waals surface area contributed by atoms with Crippen molar-refractivity contribution in [2.24, 2.45) is 11.8 Å². The zero-order valence-corrected chi connectivity index (χ0v) is 28.2. The molecule has 8 nitrogen and oxygen atoms in total. The van der Waals surface area contributed by atoms with Crippen LogP contribution in [0, 0.1) is 11.8 Å². The Kier molecular flexibility index (Phi) is 11.2. The molecule has 0 atom stereocenters. The molecule has 2 heterocycles. The number of aryl methyl sites for hydroxylation is 1. The minimum absolute atomic E-state index is 0.207. The van der Waals surface area contributed by atoms with Gasteiger partial charge in [-0.3, -0.25) is 9.36 Å². The van der Waals surface area contributed by atoms with Crippen LogP contribution < -0.4 is 20.0 Å². The average Bonchev–Trinajstić information content (AvgIpc) is 4.03. The smallest absolute Gasteiger partial charge is 0.426 e. The molecule has 14 heteroatoms. The van der Waals surface area contributed by atoms with Gasteiger partial charge in [0, 0.05) is 18.7 Å². The standard InChI is InChI=1S/C19H16F3NO3.C15H9F3O3.C5H10O/c20-19(21,22)26-15-6-3-13(4-7-15)14-5-8-17-16(11-14)23(18(24)25-17)10-9-12-1-2-12;16-15(17,18)21-12-4-1-9(2-5-12)10-3-6-13-11(7-10)8-14(19)20-13;6-4-3-5-1-2-5/h3-8,11-12H,1-2,9-10H2;1-7H,8H2;5-6H,1-4H2. The van der Waals surface area contributed by atoms with Gasteiger partial charge in [-0.05, 0) is 95.5 Å². The zero-order valence-electron chi connectivity index (χ0n) is 28.2. The Labute approximate surface area is 299 Å². The molecule has 8 rings (SSSR count). The molecule has 2 fully saturated rings. The number of aliphatic hydroxyl groups is 1. The predicted octanol–water partition coefficient (Wildman–Crippen LogP) is 9.45. The lowest BCUT2D eigenvalue weighted by atomic mass is 10.0. The van der Waals surface area contributed by atoms with E-state index < -0.39 is 12.7 Å². The number of carbonyl (C=O) groups is 1. The van der Waals surface area contributed by atoms with Crippen LogP contribution in [0.5, 0.6) is 17.2 Å². The molecular formula is C39H35F6NO7. The molecule has 4 aromatic carbocycles. The van der Waals surface area contributed by atoms with Gasteiger partial charge in [-0.2, -0.15) is 0 Å². The van der Waals surface area contributed by atoms with Crippen molar-refractivity contribution in [3.05, 3.63) is 101 Å². The second kappa shape index (κ2) is 15.8. The number of halogens is 6. The van der Waals surface area contributed by atoms with Crippen molar-refractivity contribution in [3.63, 3.8) is 0 Å². The maximum absolute atomic E-state index is 12.3. The van der Waals surface area contributed by atoms with Crippen molar-refractivity contribution in [1.82, 2.24) is 4.57 Å². The number of hydrogen-bond donors (Lipinski definition) is 1. The number of rotatable bonds is 9. The van der Waals surface area contributed by atoms with Gasteiger partial charge in [0.2, 0.25) is 0 Å². The molecule has 0 saturated heterocycles. The van der Waals surface area contributed by atoms with E-state index >= 15 is 0 Å². The molecule has 0 unspecified atom stereocenters. The van der Waals surface area contributed by atoms with Gasteiger partial charge >= 0.3 is 24.5 Å². The van der Waals surface area contributed by atoms with Crippen LogP contribution in [0.4, 0.5) is 26.3 Å². The van der Waals surface area contributed by atoms with Crippen LogP contribution in [-0.4, -0.2) is 35.0 Å². The number of hydrogen-bond acceptors (Lipinski definition) is 7. The fourth-order valence-electron chi connectivity index (χ4n) is 5.77. The first kappa shape index (κ1) is 37.5. The number of carbonyl (C=O) groups excluding carboxylic acids is 1. The van der Waals surface area contributed by atoms with Gasteiger partial charge in [0.1, 0.15) is 17.2 Å². The van der Waals surface area contributed by atoms with E-state index in [1.807, 2.05) is 6.07 Å². The van der Waals surface area contributed by atoms with Crippen molar-refractivity contribution in [3.8, 4) is 39.5 Å². The highest BCUT2D eigenvalue weighted by atomic mass is 19.4. The summed E-state index contributed by atoms with van der Waals surface area (Å²) < 4.78 is 92.6. The Morgan fingerprint density at radius 2 is 1.19 bits per heavy atom. The Morgan fingerprint density at radius 3 is 1.70 bits per heavy atom. The summed E-state index contributed by atoms with van der Waals surface area (Å²) in [5.41, 5.74) is 5.02. The number of nitrogens with zero attached hydrogens (tertiary/aromatic N) is 1. The molecule has 0 amide bonds. The maximum atomic E-state index is 12.3. The molecule has 2 aliphatic carbocycles. The molecule has 1 aromatic heterocycles. The first-order valence-electron chi connectivity index (χ1n) is 17.0. The largest absolute Gasteiger partial charge is 0.573 e. The lowest BCUT2D eigenvalue weighted by Crippen LogP contribution is -2.16. The van der Waals surface area contributed by atoms with Crippen LogP contribution in [-0.2, 0) is 17.8 Å². The van der Waals surface area contributed by atoms with E-state index in [9.17, 15) is 35.9 Å². The van der Waals surface area contributed by atoms with Crippen molar-refractivity contribution in [2.75, 3.05) is 6.61 Å². The molecule has 53 heavy (non-hydrogen) atoms. The summed E-state index contributed by atoms with van der Waals surface area (Å²) in [6.07, 6.45) is -2.08. The summed E-state index contributed by atoms with van der Waals surface area (Å²) in [6, 6.07) is 21.7. The number of aliphatic hydroxyl groups excluding tert-OH is 1. The summed E-state index contributed by atoms with van der Waals surface area (Å²) in [5, 5.41) is 8.28. The third-order valence-corrected chi connectivity index (χ3v) is 8.82. The molecule has 2 saturated carbocycles. The van der Waals surface area contributed by atoms with Crippen LogP contribution in [0.2, 0.25) is 0 Å². The third kappa shape index (κ3) is 10.9. The molecule has 5 aromatic rings. The number of benzene rings is 4. The van der Waals surface area contributed by atoms with E-state index in [-0.39, 0.29) is 29.6 Å². The SMILES string of the molecule is O=C1Cc2cc(-c3ccc(OC(F)(F)F)cc3)ccc2O1.O=c1oc2ccc(-c3ccc(OC(F)(F)F)cc3)cc2n1CCC1CC1.OCCC1CC1. The van der Waals surface area contributed by atoms with Gasteiger partial charge in [-0.15, -0.1) is 26.3 Å². The molecule has 1 N–H and O–H groups in total. The summed E-state index contributed by atoms with van der Waals surface area (Å²) in [4.78, 5) is 23.3. The fraction of sp³-hybridized carbons (Fsp3) is 0.333. The molecule has 0 bridgehead atoms. The highest BCUT2D eigenvalue weighted by molar-refractivity contribution is 5.83. The van der Waals surface area contributed by atoms with Gasteiger partial charge in [0.15, 0.2) is 5.58 Å². The highest BCUT2D eigenvalue weighted by Crippen LogP contribution is 2.35. The Bertz CT molecular complexity index is 2080. The van der Waals surface area contributed by atoms with Crippen molar-refractivity contribution >= 4 is 17.1 Å². The van der Waals surface area contributed by atoms with Crippen LogP contribution in [0.3, 0.4) is 0 Å². The summed E-state index contributed by atoms with van der Waals surface area (Å²) in [7, 11) is 0. The topological polar surface area (TPSA) is 100 Å². The van der Waals surface area contributed by atoms with Crippen LogP contribution in [0.15, 0.2) is 94.1 Å². The third-order valence-electron chi connectivity index (χ3n) is 8.82. The molecular weight excluding hydrogens is 708 g/mol. The quantitative estimate of drug-likeness (QED) is 0.0913. The van der Waals surface area contributed by atoms with Crippen LogP contribution in [0.1, 0.15) is 44.1 Å². The van der Waals surface area contributed by atoms with Gasteiger partial charge in [0.25, 0.3) is 0 Å². The van der Waals surface area contributed by atoms with Crippen LogP contribution >= 0.6 is 0 Å². The zero-order chi connectivity index (χ0) is 37.8. The van der Waals surface area contributed by atoms with E-state index in [1.54, 1.807) is 47.0 Å². The average molecular weight is 744 g/mol. The number of oxazole rings is 1. The highest BCUT2D eigenvalue weighted by Gasteiger charge is 2.32. The Balaban J connectivity index is 0.000000159. The van der Waals surface area contributed by atoms with Crippen molar-refractivity contribution in [2.45, 2.75) is 64.2 Å². The first-order chi connectivity index (χ1) is 25.2. The molecule has 0 radical (unpaired) electrons. The fourth-order valence-corrected chi connectivity index (χ4v) is 5.77. The maximum Gasteiger partial charge on any atom is 0.573 e. The number of aromatic nitrogens is 1. The predicted molar refractivity (Wildman–Crippen MR) is 182 cm³/mol. The summed E-state index contributed by atoms with van der Waals surface area (Å²) in [5.74, 6) is 0.882. The molecule has 280 valence electrons. The first-order valence-corrected chi connectivity index (χ1v) is 17.0. The normalized spacial score (nSPS) is 15.1. The second-order valence-corrected chi connectivity index (χ2v) is 13.0. The number of esters is 1. The minimum Gasteiger partial charge on any atom is -0.426 e. The van der Waals surface area contributed by atoms with Gasteiger partial charge < -0.3 is 23.7 Å². The van der Waals surface area contributed by atoms with Gasteiger partial charge in [0.05, 0.1) is 11.9 Å². The van der Waals surface area contributed by atoms with E-state index in [4.69, 9.17) is 14.3 Å². The summed E-state index contributed by atoms with van der Waals surface area (Å²) >= 11 is 0. The van der Waals surface area contributed by atoms with E-state index in [2.05, 4.69) is 9.47 Å². The number of fused-ring (bicyclic) bond motifs is 2. The number of ether oxygens (including phenoxy) is 3. The lowest BCUT2D eigenvalue weighted by molar-refractivity contribution is -0.275. The van der Waals surface area contributed by atoms with Gasteiger partial charge in [-0.1, -0.05) is 62.1 Å². The summed E-state index contributed by atoms with van der Waals surface area (Å²) in [6.45, 7) is 1.00. The monoisotopic (exact) mass is 743 g/mol. The van der Waals surface area contributed by atoms with E-state index in [1.165, 1.54) is 62.1 Å². The van der Waals surface area contributed by atoms with Gasteiger partial charge in [-0.25, -0.2) is 4.79 Å². The number of alkyl halides is 6. The Morgan fingerprint density at radius 1 is 0.679 bits per heavy atom. The lowest BCUT2D eigenvalue weighted by Gasteiger charge is -2.09. The second-order valence-electron chi connectivity index (χ2n) is 13.0. The minimum atomic E-state index is -4.71. The molecule has 1 aliphatic heterocycles. The van der Waals surface area contributed by atoms with E-state index in [0.29, 0.717) is 35.9 Å². The Hall–Kier alpha value is -5.24. The molecule has 3 aliphatic rings. The molecule has 0 spiro atoms. The van der Waals surface area contributed by atoms with E-state index in [0.717, 1.165) is 46.6 Å². The van der Waals surface area contributed by atoms with Crippen LogP contribution in [0.25, 0.3) is 33.4 Å². The van der Waals surface area contributed by atoms with Crippen molar-refractivity contribution < 1.29 is 54.9 Å².